The normalized spacial score (nSPS) is 37.1. The highest BCUT2D eigenvalue weighted by atomic mass is 16.1. The Morgan fingerprint density at radius 1 is 1.19 bits per heavy atom. The van der Waals surface area contributed by atoms with Crippen LogP contribution in [0.1, 0.15) is 48.8 Å². The second-order valence-electron chi connectivity index (χ2n) is 7.52. The van der Waals surface area contributed by atoms with Gasteiger partial charge in [-0.1, -0.05) is 30.4 Å². The van der Waals surface area contributed by atoms with Crippen LogP contribution in [0, 0.1) is 17.3 Å². The summed E-state index contributed by atoms with van der Waals surface area (Å²) in [5.41, 5.74) is 9.84. The molecule has 3 unspecified atom stereocenters. The van der Waals surface area contributed by atoms with Gasteiger partial charge in [-0.2, -0.15) is 0 Å². The van der Waals surface area contributed by atoms with Gasteiger partial charge in [0.1, 0.15) is 0 Å². The fourth-order valence-corrected chi connectivity index (χ4v) is 6.25. The van der Waals surface area contributed by atoms with Crippen molar-refractivity contribution in [3.05, 3.63) is 41.0 Å². The third-order valence-electron chi connectivity index (χ3n) is 7.03. The van der Waals surface area contributed by atoms with Crippen LogP contribution in [0.2, 0.25) is 0 Å². The number of carbonyl (C=O) groups excluding carboxylic acids is 1. The number of hydrogen-bond acceptors (Lipinski definition) is 1. The lowest BCUT2D eigenvalue weighted by Gasteiger charge is -2.43. The van der Waals surface area contributed by atoms with E-state index in [-0.39, 0.29) is 16.7 Å². The maximum absolute atomic E-state index is 12.8. The summed E-state index contributed by atoms with van der Waals surface area (Å²) in [7, 11) is 0. The Bertz CT molecular complexity index is 685. The van der Waals surface area contributed by atoms with Gasteiger partial charge in [0.15, 0.2) is 0 Å². The first-order chi connectivity index (χ1) is 10.2. The molecular formula is C19H21NO. The van der Waals surface area contributed by atoms with Gasteiger partial charge in [0.2, 0.25) is 5.91 Å². The van der Waals surface area contributed by atoms with E-state index in [0.29, 0.717) is 5.92 Å². The van der Waals surface area contributed by atoms with Crippen LogP contribution in [-0.4, -0.2) is 5.91 Å². The average Bonchev–Trinajstić information content (AvgIpc) is 2.91. The lowest BCUT2D eigenvalue weighted by Crippen LogP contribution is -2.52. The molecule has 108 valence electrons. The van der Waals surface area contributed by atoms with Crippen molar-refractivity contribution in [1.29, 1.82) is 0 Å². The van der Waals surface area contributed by atoms with E-state index in [1.807, 2.05) is 0 Å². The Morgan fingerprint density at radius 3 is 2.76 bits per heavy atom. The van der Waals surface area contributed by atoms with E-state index in [4.69, 9.17) is 5.73 Å². The molecule has 4 aliphatic rings. The van der Waals surface area contributed by atoms with Gasteiger partial charge in [-0.25, -0.2) is 0 Å². The summed E-state index contributed by atoms with van der Waals surface area (Å²) in [5.74, 6) is 1.15. The molecule has 0 radical (unpaired) electrons. The number of fused-ring (bicyclic) bond motifs is 4. The van der Waals surface area contributed by atoms with Crippen LogP contribution in [0.3, 0.4) is 0 Å². The van der Waals surface area contributed by atoms with Crippen molar-refractivity contribution < 1.29 is 4.79 Å². The molecule has 2 bridgehead atoms. The van der Waals surface area contributed by atoms with E-state index in [0.717, 1.165) is 12.3 Å². The molecule has 2 heteroatoms. The molecule has 0 saturated heterocycles. The zero-order valence-corrected chi connectivity index (χ0v) is 12.3. The summed E-state index contributed by atoms with van der Waals surface area (Å²) >= 11 is 0. The minimum Gasteiger partial charge on any atom is -0.369 e. The molecule has 3 atom stereocenters. The van der Waals surface area contributed by atoms with E-state index in [9.17, 15) is 4.79 Å². The molecule has 0 aromatic heterocycles. The summed E-state index contributed by atoms with van der Waals surface area (Å²) < 4.78 is 0. The zero-order chi connectivity index (χ0) is 14.2. The van der Waals surface area contributed by atoms with Crippen molar-refractivity contribution in [3.8, 4) is 0 Å². The molecule has 2 N–H and O–H groups in total. The van der Waals surface area contributed by atoms with Crippen molar-refractivity contribution in [2.45, 2.75) is 43.9 Å². The molecule has 0 aliphatic heterocycles. The second-order valence-corrected chi connectivity index (χ2v) is 7.52. The lowest BCUT2D eigenvalue weighted by molar-refractivity contribution is -0.128. The minimum atomic E-state index is -0.379. The van der Waals surface area contributed by atoms with Crippen molar-refractivity contribution in [2.24, 2.45) is 23.0 Å². The first-order valence-electron chi connectivity index (χ1n) is 8.29. The number of nitrogens with two attached hydrogens (primary N) is 1. The summed E-state index contributed by atoms with van der Waals surface area (Å²) in [5, 5.41) is 0. The fourth-order valence-electron chi connectivity index (χ4n) is 6.25. The Labute approximate surface area is 125 Å². The zero-order valence-electron chi connectivity index (χ0n) is 12.3. The van der Waals surface area contributed by atoms with Gasteiger partial charge >= 0.3 is 0 Å². The molecule has 1 amide bonds. The van der Waals surface area contributed by atoms with Crippen LogP contribution in [0.15, 0.2) is 24.3 Å². The van der Waals surface area contributed by atoms with Crippen molar-refractivity contribution in [1.82, 2.24) is 0 Å². The molecular weight excluding hydrogens is 258 g/mol. The van der Waals surface area contributed by atoms with Crippen LogP contribution in [-0.2, 0) is 16.6 Å². The number of amides is 1. The largest absolute Gasteiger partial charge is 0.369 e. The quantitative estimate of drug-likeness (QED) is 0.887. The van der Waals surface area contributed by atoms with E-state index in [1.165, 1.54) is 48.8 Å². The van der Waals surface area contributed by atoms with Crippen LogP contribution in [0.4, 0.5) is 0 Å². The van der Waals surface area contributed by atoms with Gasteiger partial charge < -0.3 is 5.73 Å². The molecule has 1 aromatic rings. The Morgan fingerprint density at radius 2 is 2.00 bits per heavy atom. The first-order valence-corrected chi connectivity index (χ1v) is 8.29. The average molecular weight is 279 g/mol. The molecule has 3 saturated carbocycles. The van der Waals surface area contributed by atoms with Crippen molar-refractivity contribution in [2.75, 3.05) is 0 Å². The predicted octanol–water partition coefficient (Wildman–Crippen LogP) is 3.19. The molecule has 5 rings (SSSR count). The number of carbonyl (C=O) groups is 1. The number of hydrogen-bond donors (Lipinski definition) is 1. The monoisotopic (exact) mass is 279 g/mol. The standard InChI is InChI=1S/C19H21NO/c20-17(21)19(14-8-7-13(11-14)18(19)9-10-18)16-6-2-4-12-3-1-5-15(12)16/h1-2,4-6,13-14H,3,7-11H2,(H2,20,21). The molecule has 2 nitrogen and oxygen atoms in total. The van der Waals surface area contributed by atoms with Gasteiger partial charge in [0.25, 0.3) is 0 Å². The summed E-state index contributed by atoms with van der Waals surface area (Å²) in [6.45, 7) is 0. The number of primary amides is 1. The summed E-state index contributed by atoms with van der Waals surface area (Å²) in [4.78, 5) is 12.8. The minimum absolute atomic E-state index is 0.0547. The molecule has 1 aromatic carbocycles. The third-order valence-corrected chi connectivity index (χ3v) is 7.03. The van der Waals surface area contributed by atoms with Gasteiger partial charge in [-0.05, 0) is 72.5 Å². The summed E-state index contributed by atoms with van der Waals surface area (Å²) in [6, 6.07) is 6.52. The fraction of sp³-hybridized carbons (Fsp3) is 0.526. The van der Waals surface area contributed by atoms with E-state index < -0.39 is 0 Å². The molecule has 0 heterocycles. The smallest absolute Gasteiger partial charge is 0.228 e. The van der Waals surface area contributed by atoms with Crippen LogP contribution in [0.5, 0.6) is 0 Å². The lowest BCUT2D eigenvalue weighted by atomic mass is 9.58. The van der Waals surface area contributed by atoms with E-state index in [1.54, 1.807) is 0 Å². The van der Waals surface area contributed by atoms with E-state index in [2.05, 4.69) is 30.4 Å². The third kappa shape index (κ3) is 1.16. The second kappa shape index (κ2) is 3.60. The number of allylic oxidation sites excluding steroid dienone is 1. The Balaban J connectivity index is 1.81. The Kier molecular flexibility index (Phi) is 2.06. The van der Waals surface area contributed by atoms with Gasteiger partial charge in [-0.3, -0.25) is 4.79 Å². The maximum atomic E-state index is 12.8. The van der Waals surface area contributed by atoms with Crippen LogP contribution in [0.25, 0.3) is 6.08 Å². The summed E-state index contributed by atoms with van der Waals surface area (Å²) in [6.07, 6.45) is 11.5. The first kappa shape index (κ1) is 12.0. The highest BCUT2D eigenvalue weighted by Gasteiger charge is 2.75. The van der Waals surface area contributed by atoms with Gasteiger partial charge in [-0.15, -0.1) is 0 Å². The topological polar surface area (TPSA) is 43.1 Å². The predicted molar refractivity (Wildman–Crippen MR) is 82.6 cm³/mol. The van der Waals surface area contributed by atoms with Gasteiger partial charge in [0, 0.05) is 0 Å². The highest BCUT2D eigenvalue weighted by Crippen LogP contribution is 2.77. The molecule has 1 spiro atoms. The number of rotatable bonds is 2. The number of benzene rings is 1. The van der Waals surface area contributed by atoms with Crippen molar-refractivity contribution in [3.63, 3.8) is 0 Å². The molecule has 3 fully saturated rings. The van der Waals surface area contributed by atoms with Crippen molar-refractivity contribution >= 4 is 12.0 Å². The Hall–Kier alpha value is -1.57. The SMILES string of the molecule is NC(=O)C1(c2cccc3c2C=CC3)C2CCC(C2)C12CC2. The molecule has 4 aliphatic carbocycles. The molecule has 21 heavy (non-hydrogen) atoms. The highest BCUT2D eigenvalue weighted by molar-refractivity contribution is 5.92. The van der Waals surface area contributed by atoms with Crippen LogP contribution < -0.4 is 5.73 Å². The van der Waals surface area contributed by atoms with Gasteiger partial charge in [0.05, 0.1) is 5.41 Å². The maximum Gasteiger partial charge on any atom is 0.228 e. The van der Waals surface area contributed by atoms with E-state index >= 15 is 0 Å². The van der Waals surface area contributed by atoms with Crippen LogP contribution >= 0.6 is 0 Å².